The summed E-state index contributed by atoms with van der Waals surface area (Å²) in [5.74, 6) is 7.51. The normalized spacial score (nSPS) is 10.4. The molecule has 186 valence electrons. The van der Waals surface area contributed by atoms with E-state index < -0.39 is 0 Å². The van der Waals surface area contributed by atoms with Crippen LogP contribution in [0.15, 0.2) is 24.3 Å². The van der Waals surface area contributed by atoms with Gasteiger partial charge in [-0.25, -0.2) is 10.8 Å². The first kappa shape index (κ1) is 34.1. The summed E-state index contributed by atoms with van der Waals surface area (Å²) in [5, 5.41) is 10.1. The predicted octanol–water partition coefficient (Wildman–Crippen LogP) is 4.71. The van der Waals surface area contributed by atoms with Gasteiger partial charge in [-0.1, -0.05) is 54.9 Å². The Kier molecular flexibility index (Phi) is 29.1. The van der Waals surface area contributed by atoms with Crippen LogP contribution in [0.4, 0.5) is 0 Å². The van der Waals surface area contributed by atoms with Crippen molar-refractivity contribution in [3.63, 3.8) is 0 Å². The van der Waals surface area contributed by atoms with Crippen LogP contribution in [0.2, 0.25) is 0 Å². The van der Waals surface area contributed by atoms with Crippen molar-refractivity contribution in [3.8, 4) is 0 Å². The van der Waals surface area contributed by atoms with Crippen molar-refractivity contribution in [1.29, 1.82) is 0 Å². The van der Waals surface area contributed by atoms with E-state index in [9.17, 15) is 0 Å². The number of imidazole rings is 1. The van der Waals surface area contributed by atoms with E-state index in [1.54, 1.807) is 13.3 Å². The summed E-state index contributed by atoms with van der Waals surface area (Å²) < 4.78 is 7.22. The Bertz CT molecular complexity index is 490. The van der Waals surface area contributed by atoms with E-state index in [1.165, 1.54) is 17.3 Å². The van der Waals surface area contributed by atoms with Gasteiger partial charge in [0.1, 0.15) is 5.82 Å². The lowest BCUT2D eigenvalue weighted by molar-refractivity contribution is 0.186. The summed E-state index contributed by atoms with van der Waals surface area (Å²) in [5.41, 5.74) is 6.52. The number of aliphatic hydroxyl groups is 1. The Hall–Kier alpha value is -1.57. The summed E-state index contributed by atoms with van der Waals surface area (Å²) in [6.45, 7) is 17.1. The van der Waals surface area contributed by atoms with Crippen LogP contribution in [0.3, 0.4) is 0 Å². The maximum Gasteiger partial charge on any atom is 0.108 e. The van der Waals surface area contributed by atoms with Crippen molar-refractivity contribution < 1.29 is 9.84 Å². The van der Waals surface area contributed by atoms with Crippen molar-refractivity contribution in [3.05, 3.63) is 30.1 Å². The van der Waals surface area contributed by atoms with Gasteiger partial charge in [0.15, 0.2) is 0 Å². The molecule has 1 heterocycles. The molecule has 7 heteroatoms. The highest BCUT2D eigenvalue weighted by molar-refractivity contribution is 4.94. The van der Waals surface area contributed by atoms with Crippen LogP contribution < -0.4 is 11.6 Å². The number of hydrogen-bond acceptors (Lipinski definition) is 6. The molecule has 0 spiro atoms. The Morgan fingerprint density at radius 2 is 1.90 bits per heavy atom. The largest absolute Gasteiger partial charge is 0.401 e. The molecule has 0 amide bonds. The number of aromatic nitrogens is 2. The first-order chi connectivity index (χ1) is 14.9. The van der Waals surface area contributed by atoms with E-state index in [0.29, 0.717) is 13.0 Å². The number of aryl methyl sites for hydroxylation is 1. The quantitative estimate of drug-likeness (QED) is 0.301. The average Bonchev–Trinajstić information content (AvgIpc) is 3.24. The molecule has 0 aliphatic rings. The Morgan fingerprint density at radius 1 is 1.26 bits per heavy atom. The fourth-order valence-corrected chi connectivity index (χ4v) is 2.36. The fourth-order valence-electron chi connectivity index (χ4n) is 2.36. The molecule has 1 rings (SSSR count). The smallest absolute Gasteiger partial charge is 0.108 e. The van der Waals surface area contributed by atoms with Gasteiger partial charge in [-0.3, -0.25) is 0 Å². The van der Waals surface area contributed by atoms with E-state index in [4.69, 9.17) is 21.4 Å². The number of allylic oxidation sites excluding steroid dienone is 1. The maximum atomic E-state index is 8.56. The zero-order chi connectivity index (χ0) is 24.5. The summed E-state index contributed by atoms with van der Waals surface area (Å²) in [4.78, 5) is 4.35. The minimum absolute atomic E-state index is 0.163. The van der Waals surface area contributed by atoms with Crippen molar-refractivity contribution in [1.82, 2.24) is 14.6 Å². The molecule has 0 saturated carbocycles. The topological polar surface area (TPSA) is 103 Å². The maximum absolute atomic E-state index is 8.56. The van der Waals surface area contributed by atoms with Gasteiger partial charge in [-0.2, -0.15) is 0 Å². The van der Waals surface area contributed by atoms with Crippen LogP contribution in [0.5, 0.6) is 0 Å². The zero-order valence-electron chi connectivity index (χ0n) is 21.7. The van der Waals surface area contributed by atoms with Crippen LogP contribution >= 0.6 is 0 Å². The Labute approximate surface area is 192 Å². The molecule has 0 bridgehead atoms. The highest BCUT2D eigenvalue weighted by Gasteiger charge is 2.03. The summed E-state index contributed by atoms with van der Waals surface area (Å²) in [7, 11) is 1.73. The SMILES string of the molecule is CC.CC.CCCC/C(N)=C/N(N)CCCO.COCCn1ccnc1CCC(C)C. The molecule has 31 heavy (non-hydrogen) atoms. The molecule has 0 unspecified atom stereocenters. The van der Waals surface area contributed by atoms with Crippen molar-refractivity contribution in [2.24, 2.45) is 17.5 Å². The Balaban J connectivity index is -0.000000437. The van der Waals surface area contributed by atoms with E-state index in [0.717, 1.165) is 50.4 Å². The zero-order valence-corrected chi connectivity index (χ0v) is 21.7. The number of hydrazine groups is 1. The molecule has 0 fully saturated rings. The first-order valence-electron chi connectivity index (χ1n) is 12.0. The number of ether oxygens (including phenoxy) is 1. The van der Waals surface area contributed by atoms with Crippen LogP contribution in [-0.2, 0) is 17.7 Å². The predicted molar refractivity (Wildman–Crippen MR) is 134 cm³/mol. The molecule has 0 saturated heterocycles. The minimum Gasteiger partial charge on any atom is -0.401 e. The summed E-state index contributed by atoms with van der Waals surface area (Å²) in [6.07, 6.45) is 11.7. The van der Waals surface area contributed by atoms with Gasteiger partial charge in [0.2, 0.25) is 0 Å². The number of nitrogens with zero attached hydrogens (tertiary/aromatic N) is 3. The van der Waals surface area contributed by atoms with E-state index >= 15 is 0 Å². The lowest BCUT2D eigenvalue weighted by Gasteiger charge is -2.13. The summed E-state index contributed by atoms with van der Waals surface area (Å²) in [6, 6.07) is 0. The van der Waals surface area contributed by atoms with Gasteiger partial charge >= 0.3 is 0 Å². The molecular weight excluding hydrogens is 390 g/mol. The summed E-state index contributed by atoms with van der Waals surface area (Å²) >= 11 is 0. The molecule has 0 atom stereocenters. The molecule has 5 N–H and O–H groups in total. The molecule has 1 aromatic heterocycles. The molecule has 0 radical (unpaired) electrons. The van der Waals surface area contributed by atoms with Crippen molar-refractivity contribution in [2.75, 3.05) is 26.9 Å². The van der Waals surface area contributed by atoms with Crippen molar-refractivity contribution >= 4 is 0 Å². The standard InChI is InChI=1S/C11H20N2O.C9H21N3O.2C2H6/c1-10(2)4-5-11-12-6-7-13(11)8-9-14-3;1-2-3-5-9(10)8-12(11)6-4-7-13;2*1-2/h6-7,10H,4-5,8-9H2,1-3H3;8,13H,2-7,10-11H2,1H3;2*1-2H3/b;9-8-;;. The molecule has 0 aliphatic heterocycles. The van der Waals surface area contributed by atoms with Crippen LogP contribution in [-0.4, -0.2) is 46.5 Å². The highest BCUT2D eigenvalue weighted by atomic mass is 16.5. The van der Waals surface area contributed by atoms with Gasteiger partial charge < -0.3 is 25.2 Å². The third-order valence-corrected chi connectivity index (χ3v) is 4.01. The second-order valence-electron chi connectivity index (χ2n) is 7.08. The second kappa shape index (κ2) is 26.5. The van der Waals surface area contributed by atoms with E-state index in [2.05, 4.69) is 30.3 Å². The van der Waals surface area contributed by atoms with Gasteiger partial charge in [-0.05, 0) is 31.6 Å². The number of methoxy groups -OCH3 is 1. The minimum atomic E-state index is 0.163. The highest BCUT2D eigenvalue weighted by Crippen LogP contribution is 2.07. The molecule has 7 nitrogen and oxygen atoms in total. The molecule has 0 aromatic carbocycles. The van der Waals surface area contributed by atoms with Crippen LogP contribution in [0.1, 0.15) is 86.4 Å². The second-order valence-corrected chi connectivity index (χ2v) is 7.08. The first-order valence-corrected chi connectivity index (χ1v) is 12.0. The van der Waals surface area contributed by atoms with E-state index in [-0.39, 0.29) is 6.61 Å². The Morgan fingerprint density at radius 3 is 2.42 bits per heavy atom. The van der Waals surface area contributed by atoms with Crippen LogP contribution in [0, 0.1) is 5.92 Å². The van der Waals surface area contributed by atoms with Gasteiger partial charge in [0, 0.05) is 57.5 Å². The van der Waals surface area contributed by atoms with Gasteiger partial charge in [-0.15, -0.1) is 0 Å². The number of hydrogen-bond donors (Lipinski definition) is 3. The monoisotopic (exact) mass is 443 g/mol. The third-order valence-electron chi connectivity index (χ3n) is 4.01. The number of unbranched alkanes of at least 4 members (excludes halogenated alkanes) is 1. The molecule has 0 aliphatic carbocycles. The molecule has 1 aromatic rings. The average molecular weight is 444 g/mol. The fraction of sp³-hybridized carbons (Fsp3) is 0.792. The van der Waals surface area contributed by atoms with Gasteiger partial charge in [0.05, 0.1) is 6.61 Å². The van der Waals surface area contributed by atoms with Gasteiger partial charge in [0.25, 0.3) is 0 Å². The lowest BCUT2D eigenvalue weighted by atomic mass is 10.1. The number of nitrogens with two attached hydrogens (primary N) is 2. The number of rotatable bonds is 13. The lowest BCUT2D eigenvalue weighted by Crippen LogP contribution is -2.28. The number of aliphatic hydroxyl groups excluding tert-OH is 1. The molecular formula is C24H53N5O2. The van der Waals surface area contributed by atoms with Crippen LogP contribution in [0.25, 0.3) is 0 Å². The van der Waals surface area contributed by atoms with Crippen molar-refractivity contribution in [2.45, 2.75) is 93.5 Å². The third kappa shape index (κ3) is 22.9. The van der Waals surface area contributed by atoms with E-state index in [1.807, 2.05) is 40.1 Å².